The van der Waals surface area contributed by atoms with Crippen molar-refractivity contribution < 1.29 is 9.66 Å². The van der Waals surface area contributed by atoms with E-state index in [2.05, 4.69) is 0 Å². The maximum Gasteiger partial charge on any atom is 0.273 e. The summed E-state index contributed by atoms with van der Waals surface area (Å²) in [6.45, 7) is 0.279. The van der Waals surface area contributed by atoms with Gasteiger partial charge in [0.25, 0.3) is 5.69 Å². The molecule has 0 N–H and O–H groups in total. The first-order valence-corrected chi connectivity index (χ1v) is 5.65. The summed E-state index contributed by atoms with van der Waals surface area (Å²) in [6, 6.07) is 13.4. The van der Waals surface area contributed by atoms with Crippen LogP contribution in [0, 0.1) is 10.1 Å². The molecular formula is C13H10ClNO3. The van der Waals surface area contributed by atoms with E-state index in [1.165, 1.54) is 12.1 Å². The lowest BCUT2D eigenvalue weighted by atomic mass is 10.2. The summed E-state index contributed by atoms with van der Waals surface area (Å²) in [7, 11) is 0. The minimum Gasteiger partial charge on any atom is -0.489 e. The summed E-state index contributed by atoms with van der Waals surface area (Å²) in [5.74, 6) is 0.448. The van der Waals surface area contributed by atoms with Crippen molar-refractivity contribution in [3.8, 4) is 5.75 Å². The van der Waals surface area contributed by atoms with E-state index in [0.29, 0.717) is 10.8 Å². The zero-order chi connectivity index (χ0) is 13.0. The number of nitrogens with zero attached hydrogens (tertiary/aromatic N) is 1. The monoisotopic (exact) mass is 263 g/mol. The molecule has 2 rings (SSSR count). The quantitative estimate of drug-likeness (QED) is 0.622. The van der Waals surface area contributed by atoms with Crippen molar-refractivity contribution in [2.75, 3.05) is 0 Å². The van der Waals surface area contributed by atoms with Gasteiger partial charge in [0.15, 0.2) is 0 Å². The minimum absolute atomic E-state index is 0.00617. The van der Waals surface area contributed by atoms with Crippen molar-refractivity contribution >= 4 is 17.3 Å². The lowest BCUT2D eigenvalue weighted by Crippen LogP contribution is -1.96. The zero-order valence-electron chi connectivity index (χ0n) is 9.38. The molecule has 0 spiro atoms. The smallest absolute Gasteiger partial charge is 0.273 e. The number of rotatable bonds is 4. The lowest BCUT2D eigenvalue weighted by molar-refractivity contribution is -0.384. The molecule has 0 bridgehead atoms. The molecule has 0 unspecified atom stereocenters. The number of non-ortho nitro benzene ring substituents is 1. The van der Waals surface area contributed by atoms with Crippen molar-refractivity contribution in [3.63, 3.8) is 0 Å². The van der Waals surface area contributed by atoms with Crippen LogP contribution in [0.5, 0.6) is 5.75 Å². The van der Waals surface area contributed by atoms with Gasteiger partial charge >= 0.3 is 0 Å². The zero-order valence-corrected chi connectivity index (χ0v) is 10.1. The van der Waals surface area contributed by atoms with Gasteiger partial charge in [0, 0.05) is 16.7 Å². The summed E-state index contributed by atoms with van der Waals surface area (Å²) in [5, 5.41) is 11.2. The van der Waals surface area contributed by atoms with Crippen LogP contribution in [0.4, 0.5) is 5.69 Å². The van der Waals surface area contributed by atoms with E-state index in [4.69, 9.17) is 16.3 Å². The fraction of sp³-hybridized carbons (Fsp3) is 0.0769. The highest BCUT2D eigenvalue weighted by atomic mass is 35.5. The Morgan fingerprint density at radius 2 is 1.94 bits per heavy atom. The first-order chi connectivity index (χ1) is 8.66. The Hall–Kier alpha value is -2.07. The molecule has 0 amide bonds. The number of hydrogen-bond acceptors (Lipinski definition) is 3. The van der Waals surface area contributed by atoms with Gasteiger partial charge in [-0.2, -0.15) is 0 Å². The predicted octanol–water partition coefficient (Wildman–Crippen LogP) is 3.83. The molecule has 2 aromatic rings. The highest BCUT2D eigenvalue weighted by Gasteiger charge is 2.07. The summed E-state index contributed by atoms with van der Waals surface area (Å²) in [6.07, 6.45) is 0. The fourth-order valence-corrected chi connectivity index (χ4v) is 1.65. The SMILES string of the molecule is O=[N+]([O-])c1cccc(OCc2ccccc2Cl)c1. The van der Waals surface area contributed by atoms with Gasteiger partial charge in [-0.3, -0.25) is 10.1 Å². The van der Waals surface area contributed by atoms with Crippen molar-refractivity contribution in [1.29, 1.82) is 0 Å². The second kappa shape index (κ2) is 5.51. The Kier molecular flexibility index (Phi) is 3.79. The molecule has 0 fully saturated rings. The van der Waals surface area contributed by atoms with Crippen LogP contribution in [-0.2, 0) is 6.61 Å². The second-order valence-corrected chi connectivity index (χ2v) is 4.04. The summed E-state index contributed by atoms with van der Waals surface area (Å²) in [5.41, 5.74) is 0.845. The largest absolute Gasteiger partial charge is 0.489 e. The van der Waals surface area contributed by atoms with Crippen molar-refractivity contribution in [1.82, 2.24) is 0 Å². The average molecular weight is 264 g/mol. The number of hydrogen-bond donors (Lipinski definition) is 0. The molecule has 18 heavy (non-hydrogen) atoms. The Bertz CT molecular complexity index is 572. The van der Waals surface area contributed by atoms with Gasteiger partial charge in [0.2, 0.25) is 0 Å². The highest BCUT2D eigenvalue weighted by molar-refractivity contribution is 6.31. The molecule has 0 saturated heterocycles. The molecule has 0 aliphatic carbocycles. The van der Waals surface area contributed by atoms with Crippen molar-refractivity contribution in [2.24, 2.45) is 0 Å². The van der Waals surface area contributed by atoms with Gasteiger partial charge in [0.1, 0.15) is 12.4 Å². The van der Waals surface area contributed by atoms with Gasteiger partial charge in [-0.15, -0.1) is 0 Å². The van der Waals surface area contributed by atoms with E-state index in [0.717, 1.165) is 5.56 Å². The third-order valence-electron chi connectivity index (χ3n) is 2.38. The first-order valence-electron chi connectivity index (χ1n) is 5.27. The molecule has 0 heterocycles. The highest BCUT2D eigenvalue weighted by Crippen LogP contribution is 2.22. The number of benzene rings is 2. The summed E-state index contributed by atoms with van der Waals surface area (Å²) in [4.78, 5) is 10.2. The maximum absolute atomic E-state index is 10.6. The Morgan fingerprint density at radius 1 is 1.17 bits per heavy atom. The van der Waals surface area contributed by atoms with Crippen LogP contribution in [0.1, 0.15) is 5.56 Å². The number of nitro groups is 1. The molecule has 0 aromatic heterocycles. The molecule has 2 aromatic carbocycles. The molecule has 4 nitrogen and oxygen atoms in total. The van der Waals surface area contributed by atoms with Crippen molar-refractivity contribution in [3.05, 3.63) is 69.2 Å². The molecule has 0 aliphatic heterocycles. The van der Waals surface area contributed by atoms with Gasteiger partial charge in [0.05, 0.1) is 11.0 Å². The molecular weight excluding hydrogens is 254 g/mol. The van der Waals surface area contributed by atoms with E-state index in [-0.39, 0.29) is 12.3 Å². The topological polar surface area (TPSA) is 52.4 Å². The first kappa shape index (κ1) is 12.4. The van der Waals surface area contributed by atoms with E-state index >= 15 is 0 Å². The van der Waals surface area contributed by atoms with Gasteiger partial charge in [-0.05, 0) is 12.1 Å². The van der Waals surface area contributed by atoms with Gasteiger partial charge in [-0.25, -0.2) is 0 Å². The number of halogens is 1. The molecule has 5 heteroatoms. The standard InChI is InChI=1S/C13H10ClNO3/c14-13-7-2-1-4-10(13)9-18-12-6-3-5-11(8-12)15(16)17/h1-8H,9H2. The Balaban J connectivity index is 2.09. The minimum atomic E-state index is -0.456. The van der Waals surface area contributed by atoms with E-state index in [9.17, 15) is 10.1 Å². The van der Waals surface area contributed by atoms with E-state index < -0.39 is 4.92 Å². The number of nitro benzene ring substituents is 1. The Labute approximate surface area is 109 Å². The van der Waals surface area contributed by atoms with Crippen LogP contribution >= 0.6 is 11.6 Å². The van der Waals surface area contributed by atoms with Crippen LogP contribution < -0.4 is 4.74 Å². The average Bonchev–Trinajstić information content (AvgIpc) is 2.38. The van der Waals surface area contributed by atoms with Crippen LogP contribution in [0.2, 0.25) is 5.02 Å². The third kappa shape index (κ3) is 2.99. The molecule has 0 saturated carbocycles. The summed E-state index contributed by atoms with van der Waals surface area (Å²) >= 11 is 5.98. The van der Waals surface area contributed by atoms with E-state index in [1.807, 2.05) is 18.2 Å². The predicted molar refractivity (Wildman–Crippen MR) is 68.9 cm³/mol. The second-order valence-electron chi connectivity index (χ2n) is 3.63. The van der Waals surface area contributed by atoms with Crippen LogP contribution in [0.15, 0.2) is 48.5 Å². The van der Waals surface area contributed by atoms with Crippen molar-refractivity contribution in [2.45, 2.75) is 6.61 Å². The third-order valence-corrected chi connectivity index (χ3v) is 2.75. The molecule has 92 valence electrons. The molecule has 0 aliphatic rings. The van der Waals surface area contributed by atoms with Gasteiger partial charge < -0.3 is 4.74 Å². The number of ether oxygens (including phenoxy) is 1. The summed E-state index contributed by atoms with van der Waals surface area (Å²) < 4.78 is 5.47. The Morgan fingerprint density at radius 3 is 2.67 bits per heavy atom. The lowest BCUT2D eigenvalue weighted by Gasteiger charge is -2.07. The van der Waals surface area contributed by atoms with Gasteiger partial charge in [-0.1, -0.05) is 35.9 Å². The normalized spacial score (nSPS) is 10.1. The van der Waals surface area contributed by atoms with Crippen LogP contribution in [0.3, 0.4) is 0 Å². The van der Waals surface area contributed by atoms with Crippen LogP contribution in [-0.4, -0.2) is 4.92 Å². The van der Waals surface area contributed by atoms with E-state index in [1.54, 1.807) is 18.2 Å². The fourth-order valence-electron chi connectivity index (χ4n) is 1.46. The maximum atomic E-state index is 10.6. The molecule has 0 radical (unpaired) electrons. The molecule has 0 atom stereocenters. The van der Waals surface area contributed by atoms with Crippen LogP contribution in [0.25, 0.3) is 0 Å².